The number of sulfonamides is 1. The first-order valence-electron chi connectivity index (χ1n) is 7.11. The van der Waals surface area contributed by atoms with Crippen molar-refractivity contribution in [2.75, 3.05) is 19.8 Å². The van der Waals surface area contributed by atoms with E-state index < -0.39 is 10.0 Å². The minimum absolute atomic E-state index is 0.0587. The van der Waals surface area contributed by atoms with Gasteiger partial charge in [0.1, 0.15) is 0 Å². The first-order chi connectivity index (χ1) is 10.5. The maximum absolute atomic E-state index is 12.4. The molecule has 1 aliphatic rings. The lowest BCUT2D eigenvalue weighted by Crippen LogP contribution is -2.44. The second-order valence-corrected chi connectivity index (χ2v) is 8.23. The summed E-state index contributed by atoms with van der Waals surface area (Å²) in [6.07, 6.45) is 4.62. The zero-order valence-electron chi connectivity index (χ0n) is 12.4. The molecule has 2 aromatic heterocycles. The van der Waals surface area contributed by atoms with E-state index in [1.165, 1.54) is 17.4 Å². The van der Waals surface area contributed by atoms with Crippen LogP contribution in [-0.4, -0.2) is 37.7 Å². The molecule has 2 aromatic rings. The van der Waals surface area contributed by atoms with Gasteiger partial charge in [0.2, 0.25) is 0 Å². The highest BCUT2D eigenvalue weighted by molar-refractivity contribution is 7.89. The van der Waals surface area contributed by atoms with Crippen molar-refractivity contribution in [2.24, 2.45) is 7.05 Å². The van der Waals surface area contributed by atoms with Crippen LogP contribution in [0.15, 0.2) is 35.1 Å². The van der Waals surface area contributed by atoms with Gasteiger partial charge >= 0.3 is 0 Å². The van der Waals surface area contributed by atoms with Crippen molar-refractivity contribution in [3.63, 3.8) is 0 Å². The summed E-state index contributed by atoms with van der Waals surface area (Å²) >= 11 is 1.67. The van der Waals surface area contributed by atoms with Gasteiger partial charge in [-0.25, -0.2) is 18.1 Å². The maximum atomic E-state index is 12.4. The van der Waals surface area contributed by atoms with Gasteiger partial charge in [0.15, 0.2) is 5.03 Å². The number of rotatable bonds is 5. The lowest BCUT2D eigenvalue weighted by atomic mass is 9.79. The summed E-state index contributed by atoms with van der Waals surface area (Å²) in [6, 6.07) is 4.08. The van der Waals surface area contributed by atoms with Crippen molar-refractivity contribution in [3.8, 4) is 0 Å². The van der Waals surface area contributed by atoms with Gasteiger partial charge in [0.25, 0.3) is 10.0 Å². The Bertz CT molecular complexity index is 716. The SMILES string of the molecule is Cn1cnc(S(=O)(=O)NCC2(c3cccs3)CCOCC2)c1. The fourth-order valence-corrected chi connectivity index (χ4v) is 4.78. The van der Waals surface area contributed by atoms with Gasteiger partial charge in [-0.15, -0.1) is 11.3 Å². The van der Waals surface area contributed by atoms with Crippen LogP contribution in [0.5, 0.6) is 0 Å². The van der Waals surface area contributed by atoms with Crippen LogP contribution in [0.4, 0.5) is 0 Å². The van der Waals surface area contributed by atoms with E-state index in [1.54, 1.807) is 23.0 Å². The fourth-order valence-electron chi connectivity index (χ4n) is 2.69. The van der Waals surface area contributed by atoms with E-state index >= 15 is 0 Å². The molecule has 1 N–H and O–H groups in total. The van der Waals surface area contributed by atoms with E-state index in [0.717, 1.165) is 12.8 Å². The highest BCUT2D eigenvalue weighted by Crippen LogP contribution is 2.37. The van der Waals surface area contributed by atoms with Crippen molar-refractivity contribution in [2.45, 2.75) is 23.3 Å². The molecule has 0 aromatic carbocycles. The summed E-state index contributed by atoms with van der Waals surface area (Å²) in [5, 5.41) is 2.09. The molecule has 0 amide bonds. The smallest absolute Gasteiger partial charge is 0.259 e. The molecule has 0 saturated carbocycles. The number of imidazole rings is 1. The Balaban J connectivity index is 1.80. The van der Waals surface area contributed by atoms with Gasteiger partial charge in [-0.05, 0) is 24.3 Å². The average Bonchev–Trinajstić information content (AvgIpc) is 3.18. The van der Waals surface area contributed by atoms with Gasteiger partial charge in [0, 0.05) is 43.3 Å². The van der Waals surface area contributed by atoms with Crippen molar-refractivity contribution >= 4 is 21.4 Å². The molecular formula is C14H19N3O3S2. The first-order valence-corrected chi connectivity index (χ1v) is 9.48. The predicted octanol–water partition coefficient (Wildman–Crippen LogP) is 1.51. The first kappa shape index (κ1) is 15.7. The van der Waals surface area contributed by atoms with Gasteiger partial charge in [-0.1, -0.05) is 6.07 Å². The van der Waals surface area contributed by atoms with Crippen LogP contribution in [-0.2, 0) is 27.2 Å². The number of nitrogens with zero attached hydrogens (tertiary/aromatic N) is 2. The Morgan fingerprint density at radius 2 is 2.23 bits per heavy atom. The number of thiophene rings is 1. The molecule has 0 unspecified atom stereocenters. The third-order valence-electron chi connectivity index (χ3n) is 4.05. The van der Waals surface area contributed by atoms with Crippen LogP contribution in [0, 0.1) is 0 Å². The van der Waals surface area contributed by atoms with E-state index in [0.29, 0.717) is 19.8 Å². The van der Waals surface area contributed by atoms with E-state index in [1.807, 2.05) is 11.4 Å². The monoisotopic (exact) mass is 341 g/mol. The fraction of sp³-hybridized carbons (Fsp3) is 0.500. The Morgan fingerprint density at radius 1 is 1.45 bits per heavy atom. The molecular weight excluding hydrogens is 322 g/mol. The van der Waals surface area contributed by atoms with E-state index in [2.05, 4.69) is 15.8 Å². The van der Waals surface area contributed by atoms with Crippen LogP contribution in [0.1, 0.15) is 17.7 Å². The summed E-state index contributed by atoms with van der Waals surface area (Å²) in [5.74, 6) is 0. The van der Waals surface area contributed by atoms with Crippen molar-refractivity contribution in [1.29, 1.82) is 0 Å². The molecule has 0 atom stereocenters. The summed E-state index contributed by atoms with van der Waals surface area (Å²) < 4.78 is 34.6. The molecule has 6 nitrogen and oxygen atoms in total. The van der Waals surface area contributed by atoms with Gasteiger partial charge < -0.3 is 9.30 Å². The molecule has 0 aliphatic carbocycles. The minimum Gasteiger partial charge on any atom is -0.381 e. The number of hydrogen-bond acceptors (Lipinski definition) is 5. The lowest BCUT2D eigenvalue weighted by molar-refractivity contribution is 0.0529. The Labute approximate surface area is 134 Å². The molecule has 0 bridgehead atoms. The number of aromatic nitrogens is 2. The van der Waals surface area contributed by atoms with Crippen LogP contribution >= 0.6 is 11.3 Å². The summed E-state index contributed by atoms with van der Waals surface area (Å²) in [7, 11) is -1.84. The largest absolute Gasteiger partial charge is 0.381 e. The van der Waals surface area contributed by atoms with E-state index in [-0.39, 0.29) is 10.4 Å². The van der Waals surface area contributed by atoms with Crippen molar-refractivity contribution in [1.82, 2.24) is 14.3 Å². The molecule has 1 aliphatic heterocycles. The molecule has 22 heavy (non-hydrogen) atoms. The molecule has 8 heteroatoms. The summed E-state index contributed by atoms with van der Waals surface area (Å²) in [6.45, 7) is 1.68. The van der Waals surface area contributed by atoms with E-state index in [9.17, 15) is 8.42 Å². The number of ether oxygens (including phenoxy) is 1. The number of aryl methyl sites for hydroxylation is 1. The van der Waals surface area contributed by atoms with Gasteiger partial charge in [0.05, 0.1) is 6.33 Å². The molecule has 120 valence electrons. The predicted molar refractivity (Wildman–Crippen MR) is 84.4 cm³/mol. The number of nitrogens with one attached hydrogen (secondary N) is 1. The highest BCUT2D eigenvalue weighted by atomic mass is 32.2. The second-order valence-electron chi connectivity index (χ2n) is 5.57. The molecule has 3 rings (SSSR count). The van der Waals surface area contributed by atoms with Crippen molar-refractivity contribution in [3.05, 3.63) is 34.9 Å². The molecule has 1 saturated heterocycles. The Hall–Kier alpha value is -1.22. The third kappa shape index (κ3) is 3.10. The summed E-state index contributed by atoms with van der Waals surface area (Å²) in [5.41, 5.74) is -0.186. The molecule has 0 spiro atoms. The van der Waals surface area contributed by atoms with Crippen LogP contribution < -0.4 is 4.72 Å². The quantitative estimate of drug-likeness (QED) is 0.895. The standard InChI is InChI=1S/C14H19N3O3S2/c1-17-9-13(15-11-17)22(18,19)16-10-14(4-6-20-7-5-14)12-3-2-8-21-12/h2-3,8-9,11,16H,4-7,10H2,1H3. The van der Waals surface area contributed by atoms with Crippen LogP contribution in [0.25, 0.3) is 0 Å². The van der Waals surface area contributed by atoms with Crippen molar-refractivity contribution < 1.29 is 13.2 Å². The van der Waals surface area contributed by atoms with Gasteiger partial charge in [-0.2, -0.15) is 0 Å². The van der Waals surface area contributed by atoms with Crippen LogP contribution in [0.2, 0.25) is 0 Å². The molecule has 0 radical (unpaired) electrons. The topological polar surface area (TPSA) is 73.2 Å². The normalized spacial score (nSPS) is 18.4. The second kappa shape index (κ2) is 6.11. The molecule has 3 heterocycles. The lowest BCUT2D eigenvalue weighted by Gasteiger charge is -2.36. The number of hydrogen-bond donors (Lipinski definition) is 1. The van der Waals surface area contributed by atoms with Gasteiger partial charge in [-0.3, -0.25) is 0 Å². The maximum Gasteiger partial charge on any atom is 0.259 e. The summed E-state index contributed by atoms with van der Waals surface area (Å²) in [4.78, 5) is 5.13. The molecule has 1 fully saturated rings. The van der Waals surface area contributed by atoms with E-state index in [4.69, 9.17) is 4.74 Å². The highest BCUT2D eigenvalue weighted by Gasteiger charge is 2.36. The zero-order chi connectivity index (χ0) is 15.6. The Kier molecular flexibility index (Phi) is 4.35. The zero-order valence-corrected chi connectivity index (χ0v) is 14.0. The van der Waals surface area contributed by atoms with Crippen LogP contribution in [0.3, 0.4) is 0 Å². The average molecular weight is 341 g/mol. The third-order valence-corrected chi connectivity index (χ3v) is 6.45. The Morgan fingerprint density at radius 3 is 2.82 bits per heavy atom. The minimum atomic E-state index is -3.59.